The Labute approximate surface area is 174 Å². The molecule has 0 saturated heterocycles. The van der Waals surface area contributed by atoms with E-state index < -0.39 is 0 Å². The molecule has 0 radical (unpaired) electrons. The number of hydrogen-bond donors (Lipinski definition) is 3. The molecule has 3 rings (SSSR count). The smallest absolute Gasteiger partial charge is 0.129 e. The average molecular weight is 408 g/mol. The molecule has 1 aromatic heterocycles. The van der Waals surface area contributed by atoms with Gasteiger partial charge in [-0.25, -0.2) is 4.39 Å². The number of amidine groups is 1. The summed E-state index contributed by atoms with van der Waals surface area (Å²) in [6.45, 7) is 6.51. The van der Waals surface area contributed by atoms with Crippen molar-refractivity contribution >= 4 is 23.0 Å². The van der Waals surface area contributed by atoms with Gasteiger partial charge in [0, 0.05) is 29.9 Å². The fourth-order valence-corrected chi connectivity index (χ4v) is 2.85. The van der Waals surface area contributed by atoms with Gasteiger partial charge in [-0.05, 0) is 17.6 Å². The number of hydrogen-bond acceptors (Lipinski definition) is 7. The lowest BCUT2D eigenvalue weighted by Crippen LogP contribution is -2.25. The van der Waals surface area contributed by atoms with E-state index in [9.17, 15) is 4.39 Å². The lowest BCUT2D eigenvalue weighted by molar-refractivity contribution is 0.417. The SMILES string of the molecule is CC(C)(C)C1=CN=C(C(=N)/C=C(\NCc2ccccc2F)c2ccon2)CN=C1N. The molecular weight excluding hydrogens is 383 g/mol. The molecule has 0 unspecified atom stereocenters. The Morgan fingerprint density at radius 3 is 2.73 bits per heavy atom. The van der Waals surface area contributed by atoms with Crippen LogP contribution in [0.4, 0.5) is 4.39 Å². The molecule has 0 bridgehead atoms. The van der Waals surface area contributed by atoms with E-state index in [1.807, 2.05) is 20.8 Å². The summed E-state index contributed by atoms with van der Waals surface area (Å²) in [5.41, 5.74) is 8.82. The number of nitrogens with zero attached hydrogens (tertiary/aromatic N) is 3. The third-order valence-electron chi connectivity index (χ3n) is 4.57. The standard InChI is InChI=1S/C22H25FN6O/c1-22(2,3)15-12-27-20(13-28-21(15)25)17(24)10-19(18-8-9-30-29-18)26-11-14-6-4-5-7-16(14)23/h4-10,12,24,26H,11,13H2,1-3H3,(H2,25,28)/b19-10-,24-17?. The highest BCUT2D eigenvalue weighted by Crippen LogP contribution is 2.26. The minimum Gasteiger partial charge on any atom is -0.384 e. The molecule has 1 aliphatic rings. The molecule has 0 fully saturated rings. The molecule has 4 N–H and O–H groups in total. The summed E-state index contributed by atoms with van der Waals surface area (Å²) in [6, 6.07) is 8.17. The molecule has 156 valence electrons. The molecule has 1 aliphatic heterocycles. The van der Waals surface area contributed by atoms with Gasteiger partial charge in [-0.2, -0.15) is 0 Å². The Kier molecular flexibility index (Phi) is 6.25. The fraction of sp³-hybridized carbons (Fsp3) is 0.273. The summed E-state index contributed by atoms with van der Waals surface area (Å²) >= 11 is 0. The number of benzene rings is 1. The molecule has 0 amide bonds. The predicted molar refractivity (Wildman–Crippen MR) is 117 cm³/mol. The highest BCUT2D eigenvalue weighted by molar-refractivity contribution is 6.47. The number of nitrogens with two attached hydrogens (primary N) is 1. The number of halogens is 1. The van der Waals surface area contributed by atoms with Crippen molar-refractivity contribution in [3.05, 3.63) is 71.5 Å². The van der Waals surface area contributed by atoms with Crippen LogP contribution in [0.5, 0.6) is 0 Å². The van der Waals surface area contributed by atoms with Gasteiger partial charge in [-0.3, -0.25) is 15.4 Å². The zero-order chi connectivity index (χ0) is 21.7. The lowest BCUT2D eigenvalue weighted by Gasteiger charge is -2.20. The molecular formula is C22H25FN6O. The van der Waals surface area contributed by atoms with E-state index >= 15 is 0 Å². The highest BCUT2D eigenvalue weighted by atomic mass is 19.1. The van der Waals surface area contributed by atoms with Crippen molar-refractivity contribution in [3.63, 3.8) is 0 Å². The topological polar surface area (TPSA) is 113 Å². The summed E-state index contributed by atoms with van der Waals surface area (Å²) in [6.07, 6.45) is 4.69. The second-order valence-electron chi connectivity index (χ2n) is 7.87. The van der Waals surface area contributed by atoms with Gasteiger partial charge in [0.25, 0.3) is 0 Å². The Morgan fingerprint density at radius 2 is 2.07 bits per heavy atom. The third kappa shape index (κ3) is 5.08. The van der Waals surface area contributed by atoms with Crippen LogP contribution >= 0.6 is 0 Å². The van der Waals surface area contributed by atoms with Gasteiger partial charge in [0.05, 0.1) is 23.7 Å². The maximum atomic E-state index is 14.0. The predicted octanol–water partition coefficient (Wildman–Crippen LogP) is 3.71. The monoisotopic (exact) mass is 408 g/mol. The van der Waals surface area contributed by atoms with E-state index in [0.717, 1.165) is 5.57 Å². The molecule has 0 saturated carbocycles. The maximum Gasteiger partial charge on any atom is 0.129 e. The molecule has 1 aromatic carbocycles. The highest BCUT2D eigenvalue weighted by Gasteiger charge is 2.22. The van der Waals surface area contributed by atoms with E-state index in [1.54, 1.807) is 36.5 Å². The van der Waals surface area contributed by atoms with Crippen LogP contribution in [-0.2, 0) is 6.54 Å². The normalized spacial score (nSPS) is 15.1. The van der Waals surface area contributed by atoms with Crippen molar-refractivity contribution in [2.45, 2.75) is 27.3 Å². The molecule has 2 aromatic rings. The van der Waals surface area contributed by atoms with Crippen LogP contribution in [0.1, 0.15) is 32.0 Å². The minimum absolute atomic E-state index is 0.150. The summed E-state index contributed by atoms with van der Waals surface area (Å²) in [4.78, 5) is 8.82. The lowest BCUT2D eigenvalue weighted by atomic mass is 9.86. The number of nitrogens with one attached hydrogen (secondary N) is 2. The second-order valence-corrected chi connectivity index (χ2v) is 7.87. The van der Waals surface area contributed by atoms with Gasteiger partial charge in [-0.1, -0.05) is 44.1 Å². The molecule has 2 heterocycles. The van der Waals surface area contributed by atoms with Crippen molar-refractivity contribution in [2.24, 2.45) is 21.1 Å². The molecule has 0 aliphatic carbocycles. The van der Waals surface area contributed by atoms with E-state index in [0.29, 0.717) is 28.5 Å². The van der Waals surface area contributed by atoms with Crippen LogP contribution in [0.15, 0.2) is 69.0 Å². The van der Waals surface area contributed by atoms with E-state index in [2.05, 4.69) is 20.5 Å². The van der Waals surface area contributed by atoms with Crippen molar-refractivity contribution in [3.8, 4) is 0 Å². The number of rotatable bonds is 6. The van der Waals surface area contributed by atoms with Crippen LogP contribution in [0.25, 0.3) is 5.70 Å². The minimum atomic E-state index is -0.308. The summed E-state index contributed by atoms with van der Waals surface area (Å²) in [7, 11) is 0. The van der Waals surface area contributed by atoms with E-state index in [-0.39, 0.29) is 30.0 Å². The Morgan fingerprint density at radius 1 is 1.30 bits per heavy atom. The van der Waals surface area contributed by atoms with E-state index in [4.69, 9.17) is 15.7 Å². The van der Waals surface area contributed by atoms with Crippen molar-refractivity contribution in [1.29, 1.82) is 5.41 Å². The zero-order valence-corrected chi connectivity index (χ0v) is 17.2. The van der Waals surface area contributed by atoms with Crippen molar-refractivity contribution in [1.82, 2.24) is 10.5 Å². The quantitative estimate of drug-likeness (QED) is 0.633. The molecule has 0 spiro atoms. The first kappa shape index (κ1) is 21.2. The van der Waals surface area contributed by atoms with Crippen molar-refractivity contribution in [2.75, 3.05) is 6.54 Å². The number of aliphatic imine (C=N–C) groups is 2. The van der Waals surface area contributed by atoms with Crippen LogP contribution in [0.3, 0.4) is 0 Å². The molecule has 8 heteroatoms. The van der Waals surface area contributed by atoms with Gasteiger partial charge < -0.3 is 15.6 Å². The Balaban J connectivity index is 1.86. The first-order valence-corrected chi connectivity index (χ1v) is 9.52. The fourth-order valence-electron chi connectivity index (χ4n) is 2.85. The summed E-state index contributed by atoms with van der Waals surface area (Å²) < 4.78 is 18.9. The number of allylic oxidation sites excluding steroid dienone is 1. The molecule has 7 nitrogen and oxygen atoms in total. The maximum absolute atomic E-state index is 14.0. The van der Waals surface area contributed by atoms with Crippen molar-refractivity contribution < 1.29 is 8.91 Å². The van der Waals surface area contributed by atoms with Crippen LogP contribution < -0.4 is 11.1 Å². The van der Waals surface area contributed by atoms with Gasteiger partial charge in [0.15, 0.2) is 0 Å². The van der Waals surface area contributed by atoms with Gasteiger partial charge in [-0.15, -0.1) is 0 Å². The van der Waals surface area contributed by atoms with Gasteiger partial charge in [0.2, 0.25) is 0 Å². The first-order valence-electron chi connectivity index (χ1n) is 9.52. The van der Waals surface area contributed by atoms with Gasteiger partial charge in [0.1, 0.15) is 23.6 Å². The summed E-state index contributed by atoms with van der Waals surface area (Å²) in [5.74, 6) is 0.116. The molecule has 30 heavy (non-hydrogen) atoms. The third-order valence-corrected chi connectivity index (χ3v) is 4.57. The zero-order valence-electron chi connectivity index (χ0n) is 17.2. The Hall–Kier alpha value is -3.55. The van der Waals surface area contributed by atoms with Crippen LogP contribution in [0.2, 0.25) is 0 Å². The average Bonchev–Trinajstić information content (AvgIpc) is 3.14. The first-order chi connectivity index (χ1) is 14.3. The molecule has 0 atom stereocenters. The van der Waals surface area contributed by atoms with Gasteiger partial charge >= 0.3 is 0 Å². The van der Waals surface area contributed by atoms with Crippen LogP contribution in [-0.4, -0.2) is 29.0 Å². The second kappa shape index (κ2) is 8.86. The Bertz CT molecular complexity index is 1040. The largest absolute Gasteiger partial charge is 0.384 e. The van der Waals surface area contributed by atoms with E-state index in [1.165, 1.54) is 12.3 Å². The number of aromatic nitrogens is 1. The summed E-state index contributed by atoms with van der Waals surface area (Å²) in [5, 5.41) is 15.6. The van der Waals surface area contributed by atoms with Crippen LogP contribution in [0, 0.1) is 16.6 Å².